The molecule has 4 heteroatoms. The normalized spacial score (nSPS) is 12.7. The van der Waals surface area contributed by atoms with Crippen LogP contribution in [-0.4, -0.2) is 0 Å². The van der Waals surface area contributed by atoms with Crippen LogP contribution in [0.25, 0.3) is 69.9 Å². The molecule has 0 saturated carbocycles. The Kier molecular flexibility index (Phi) is 3.42. The summed E-state index contributed by atoms with van der Waals surface area (Å²) in [5.74, 6) is 0. The zero-order chi connectivity index (χ0) is 21.1. The van der Waals surface area contributed by atoms with Crippen LogP contribution < -0.4 is 0 Å². The Hall–Kier alpha value is -2.50. The molecule has 0 amide bonds. The summed E-state index contributed by atoms with van der Waals surface area (Å²) in [6, 6.07) is 23.3. The van der Waals surface area contributed by atoms with Crippen molar-refractivity contribution in [2.24, 2.45) is 0 Å². The lowest BCUT2D eigenvalue weighted by molar-refractivity contribution is 1.51. The number of fused-ring (bicyclic) bond motifs is 11. The Bertz CT molecular complexity index is 2040. The van der Waals surface area contributed by atoms with Crippen molar-refractivity contribution < 1.29 is 0 Å². The number of thiophene rings is 4. The Morgan fingerprint density at radius 1 is 0.406 bits per heavy atom. The monoisotopic (exact) mass is 480 g/mol. The third-order valence-corrected chi connectivity index (χ3v) is 11.6. The highest BCUT2D eigenvalue weighted by molar-refractivity contribution is 7.38. The van der Waals surface area contributed by atoms with Crippen LogP contribution in [0.5, 0.6) is 0 Å². The molecule has 0 unspecified atom stereocenters. The van der Waals surface area contributed by atoms with E-state index in [0.29, 0.717) is 0 Å². The Balaban J connectivity index is 1.46. The predicted octanol–water partition coefficient (Wildman–Crippen LogP) is 10.6. The molecule has 4 aromatic heterocycles. The van der Waals surface area contributed by atoms with Crippen molar-refractivity contribution in [2.75, 3.05) is 0 Å². The summed E-state index contributed by atoms with van der Waals surface area (Å²) in [5.41, 5.74) is 2.66. The van der Waals surface area contributed by atoms with Crippen LogP contribution in [0.3, 0.4) is 0 Å². The lowest BCUT2D eigenvalue weighted by Gasteiger charge is -2.00. The van der Waals surface area contributed by atoms with Crippen molar-refractivity contribution in [3.8, 4) is 0 Å². The fourth-order valence-electron chi connectivity index (χ4n) is 4.98. The third kappa shape index (κ3) is 2.31. The van der Waals surface area contributed by atoms with Crippen molar-refractivity contribution in [3.05, 3.63) is 71.8 Å². The molecule has 32 heavy (non-hydrogen) atoms. The standard InChI is InChI=1S/C28H16S4/c1-13-3-5-15-9-18-22(10-16(15)7-13)30-28-20-12-23-19(11-24(20)32-26(18)28)27-25(31-23)17-6-4-14(2)8-21(17)29-27/h3-12H,1-2H3. The molecule has 0 spiro atoms. The maximum Gasteiger partial charge on any atom is 0.0542 e. The number of hydrogen-bond acceptors (Lipinski definition) is 4. The predicted molar refractivity (Wildman–Crippen MR) is 150 cm³/mol. The molecule has 4 aromatic carbocycles. The van der Waals surface area contributed by atoms with Crippen LogP contribution in [0.1, 0.15) is 11.1 Å². The van der Waals surface area contributed by atoms with Gasteiger partial charge in [-0.1, -0.05) is 35.9 Å². The molecule has 152 valence electrons. The third-order valence-electron chi connectivity index (χ3n) is 6.55. The Labute approximate surface area is 199 Å². The quantitative estimate of drug-likeness (QED) is 0.202. The summed E-state index contributed by atoms with van der Waals surface area (Å²) < 4.78 is 11.4. The summed E-state index contributed by atoms with van der Waals surface area (Å²) in [7, 11) is 0. The van der Waals surface area contributed by atoms with Gasteiger partial charge in [0.2, 0.25) is 0 Å². The summed E-state index contributed by atoms with van der Waals surface area (Å²) in [6.07, 6.45) is 0. The minimum atomic E-state index is 1.32. The van der Waals surface area contributed by atoms with Gasteiger partial charge >= 0.3 is 0 Å². The van der Waals surface area contributed by atoms with Gasteiger partial charge in [-0.25, -0.2) is 0 Å². The van der Waals surface area contributed by atoms with Crippen LogP contribution in [0.15, 0.2) is 60.7 Å². The van der Waals surface area contributed by atoms with E-state index in [1.807, 2.05) is 45.3 Å². The lowest BCUT2D eigenvalue weighted by atomic mass is 10.1. The van der Waals surface area contributed by atoms with Crippen molar-refractivity contribution in [1.29, 1.82) is 0 Å². The molecule has 0 atom stereocenters. The first kappa shape index (κ1) is 18.0. The van der Waals surface area contributed by atoms with E-state index in [0.717, 1.165) is 0 Å². The van der Waals surface area contributed by atoms with Crippen molar-refractivity contribution >= 4 is 115 Å². The summed E-state index contributed by atoms with van der Waals surface area (Å²) >= 11 is 7.84. The molecule has 0 saturated heterocycles. The lowest BCUT2D eigenvalue weighted by Crippen LogP contribution is -1.75. The van der Waals surface area contributed by atoms with Crippen molar-refractivity contribution in [3.63, 3.8) is 0 Å². The highest BCUT2D eigenvalue weighted by Gasteiger charge is 2.17. The van der Waals surface area contributed by atoms with E-state index in [4.69, 9.17) is 0 Å². The van der Waals surface area contributed by atoms with E-state index in [9.17, 15) is 0 Å². The Morgan fingerprint density at radius 2 is 0.906 bits per heavy atom. The van der Waals surface area contributed by atoms with Gasteiger partial charge in [-0.3, -0.25) is 0 Å². The highest BCUT2D eigenvalue weighted by Crippen LogP contribution is 2.50. The van der Waals surface area contributed by atoms with E-state index in [1.165, 1.54) is 81.0 Å². The van der Waals surface area contributed by atoms with Gasteiger partial charge in [0.1, 0.15) is 0 Å². The van der Waals surface area contributed by atoms with E-state index >= 15 is 0 Å². The molecule has 0 radical (unpaired) electrons. The van der Waals surface area contributed by atoms with E-state index in [2.05, 4.69) is 74.5 Å². The van der Waals surface area contributed by atoms with Crippen LogP contribution in [-0.2, 0) is 0 Å². The average molecular weight is 481 g/mol. The van der Waals surface area contributed by atoms with E-state index < -0.39 is 0 Å². The van der Waals surface area contributed by atoms with Crippen molar-refractivity contribution in [1.82, 2.24) is 0 Å². The van der Waals surface area contributed by atoms with Crippen LogP contribution in [0.2, 0.25) is 0 Å². The number of benzene rings is 4. The topological polar surface area (TPSA) is 0 Å². The number of hydrogen-bond donors (Lipinski definition) is 0. The molecule has 0 fully saturated rings. The van der Waals surface area contributed by atoms with Gasteiger partial charge in [-0.2, -0.15) is 0 Å². The zero-order valence-corrected chi connectivity index (χ0v) is 20.7. The first-order chi connectivity index (χ1) is 15.6. The molecule has 8 rings (SSSR count). The van der Waals surface area contributed by atoms with Crippen LogP contribution in [0, 0.1) is 13.8 Å². The van der Waals surface area contributed by atoms with Crippen molar-refractivity contribution in [2.45, 2.75) is 13.8 Å². The molecular formula is C28H16S4. The maximum absolute atomic E-state index is 2.46. The molecule has 0 bridgehead atoms. The highest BCUT2D eigenvalue weighted by atomic mass is 32.1. The summed E-state index contributed by atoms with van der Waals surface area (Å²) in [5, 5.41) is 8.35. The van der Waals surface area contributed by atoms with Gasteiger partial charge < -0.3 is 0 Å². The van der Waals surface area contributed by atoms with E-state index in [-0.39, 0.29) is 0 Å². The minimum absolute atomic E-state index is 1.32. The molecular weight excluding hydrogens is 465 g/mol. The average Bonchev–Trinajstić information content (AvgIpc) is 3.48. The second kappa shape index (κ2) is 6.09. The molecule has 0 aliphatic rings. The molecule has 0 nitrogen and oxygen atoms in total. The second-order valence-electron chi connectivity index (χ2n) is 8.77. The first-order valence-corrected chi connectivity index (χ1v) is 13.9. The summed E-state index contributed by atoms with van der Waals surface area (Å²) in [4.78, 5) is 0. The van der Waals surface area contributed by atoms with E-state index in [1.54, 1.807) is 0 Å². The largest absolute Gasteiger partial charge is 0.134 e. The zero-order valence-electron chi connectivity index (χ0n) is 17.4. The fourth-order valence-corrected chi connectivity index (χ4v) is 10.4. The Morgan fingerprint density at radius 3 is 1.59 bits per heavy atom. The molecule has 0 aliphatic heterocycles. The van der Waals surface area contributed by atoms with Gasteiger partial charge in [0.15, 0.2) is 0 Å². The fraction of sp³-hybridized carbons (Fsp3) is 0.0714. The molecule has 0 aliphatic carbocycles. The minimum Gasteiger partial charge on any atom is -0.134 e. The SMILES string of the molecule is Cc1ccc2cc3c(cc2c1)sc1c2cc4sc5c6ccc(C)cc6sc5c4cc2sc31. The second-order valence-corrected chi connectivity index (χ2v) is 13.0. The van der Waals surface area contributed by atoms with Gasteiger partial charge in [0.25, 0.3) is 0 Å². The molecule has 4 heterocycles. The van der Waals surface area contributed by atoms with Gasteiger partial charge in [-0.15, -0.1) is 45.3 Å². The smallest absolute Gasteiger partial charge is 0.0542 e. The van der Waals surface area contributed by atoms with Gasteiger partial charge in [0.05, 0.1) is 18.8 Å². The molecule has 8 aromatic rings. The molecule has 0 N–H and O–H groups in total. The van der Waals surface area contributed by atoms with Crippen LogP contribution in [0.4, 0.5) is 0 Å². The number of aryl methyl sites for hydroxylation is 2. The maximum atomic E-state index is 2.46. The first-order valence-electron chi connectivity index (χ1n) is 10.7. The van der Waals surface area contributed by atoms with Gasteiger partial charge in [-0.05, 0) is 60.5 Å². The number of rotatable bonds is 0. The van der Waals surface area contributed by atoms with Crippen LogP contribution >= 0.6 is 45.3 Å². The van der Waals surface area contributed by atoms with Gasteiger partial charge in [0, 0.05) is 40.3 Å². The summed E-state index contributed by atoms with van der Waals surface area (Å²) in [6.45, 7) is 4.35.